The summed E-state index contributed by atoms with van der Waals surface area (Å²) in [7, 11) is 0. The number of nitrogens with zero attached hydrogens (tertiary/aromatic N) is 2. The van der Waals surface area contributed by atoms with Crippen molar-refractivity contribution in [2.45, 2.75) is 13.1 Å². The molecule has 1 heterocycles. The number of nitrogens with one attached hydrogen (secondary N) is 2. The van der Waals surface area contributed by atoms with Crippen molar-refractivity contribution in [3.63, 3.8) is 0 Å². The largest absolute Gasteiger partial charge is 0.416 e. The average Bonchev–Trinajstić information content (AvgIpc) is 2.58. The molecule has 0 saturated carbocycles. The summed E-state index contributed by atoms with van der Waals surface area (Å²) in [5.41, 5.74) is 7.95. The third-order valence-electron chi connectivity index (χ3n) is 3.64. The predicted octanol–water partition coefficient (Wildman–Crippen LogP) is 4.87. The zero-order valence-electron chi connectivity index (χ0n) is 13.8. The van der Waals surface area contributed by atoms with Gasteiger partial charge in [-0.25, -0.2) is 9.97 Å². The van der Waals surface area contributed by atoms with Crippen LogP contribution >= 0.6 is 0 Å². The van der Waals surface area contributed by atoms with E-state index in [1.165, 1.54) is 18.5 Å². The molecule has 5 nitrogen and oxygen atoms in total. The molecule has 0 saturated heterocycles. The maximum atomic E-state index is 12.6. The molecule has 0 bridgehead atoms. The van der Waals surface area contributed by atoms with Crippen LogP contribution in [0, 0.1) is 6.92 Å². The normalized spacial score (nSPS) is 11.2. The lowest BCUT2D eigenvalue weighted by Gasteiger charge is -2.13. The summed E-state index contributed by atoms with van der Waals surface area (Å²) in [5, 5.41) is 6.01. The van der Waals surface area contributed by atoms with Crippen molar-refractivity contribution < 1.29 is 13.2 Å². The van der Waals surface area contributed by atoms with Gasteiger partial charge in [0.15, 0.2) is 11.6 Å². The van der Waals surface area contributed by atoms with Gasteiger partial charge in [0.05, 0.1) is 5.56 Å². The fourth-order valence-corrected chi connectivity index (χ4v) is 2.33. The highest BCUT2D eigenvalue weighted by Crippen LogP contribution is 2.32. The van der Waals surface area contributed by atoms with Crippen LogP contribution in [0.1, 0.15) is 11.1 Å². The van der Waals surface area contributed by atoms with E-state index in [1.807, 2.05) is 31.2 Å². The molecule has 0 fully saturated rings. The Morgan fingerprint density at radius 3 is 2.08 bits per heavy atom. The van der Waals surface area contributed by atoms with Crippen LogP contribution in [-0.2, 0) is 6.18 Å². The number of benzene rings is 2. The summed E-state index contributed by atoms with van der Waals surface area (Å²) in [5.74, 6) is 0.704. The summed E-state index contributed by atoms with van der Waals surface area (Å²) >= 11 is 0. The molecule has 1 aromatic heterocycles. The van der Waals surface area contributed by atoms with Crippen LogP contribution in [0.2, 0.25) is 0 Å². The number of alkyl halides is 3. The number of hydrogen-bond donors (Lipinski definition) is 3. The minimum atomic E-state index is -4.38. The monoisotopic (exact) mass is 359 g/mol. The van der Waals surface area contributed by atoms with Crippen LogP contribution in [0.25, 0.3) is 0 Å². The number of aryl methyl sites for hydroxylation is 1. The fourth-order valence-electron chi connectivity index (χ4n) is 2.33. The second-order valence-electron chi connectivity index (χ2n) is 5.68. The highest BCUT2D eigenvalue weighted by molar-refractivity contribution is 5.80. The first-order chi connectivity index (χ1) is 12.3. The SMILES string of the molecule is Cc1cccc(Nc2ncnc(Nc3ccc(C(F)(F)F)cc3)c2N)c1. The molecule has 0 radical (unpaired) electrons. The van der Waals surface area contributed by atoms with Crippen molar-refractivity contribution in [2.24, 2.45) is 0 Å². The Bertz CT molecular complexity index is 907. The molecule has 0 atom stereocenters. The van der Waals surface area contributed by atoms with E-state index in [-0.39, 0.29) is 5.69 Å². The molecule has 134 valence electrons. The second-order valence-corrected chi connectivity index (χ2v) is 5.68. The number of hydrogen-bond acceptors (Lipinski definition) is 5. The highest BCUT2D eigenvalue weighted by atomic mass is 19.4. The number of nitrogen functional groups attached to an aromatic ring is 1. The fraction of sp³-hybridized carbons (Fsp3) is 0.111. The van der Waals surface area contributed by atoms with Gasteiger partial charge < -0.3 is 16.4 Å². The van der Waals surface area contributed by atoms with Crippen molar-refractivity contribution in [1.82, 2.24) is 9.97 Å². The van der Waals surface area contributed by atoms with Gasteiger partial charge in [0, 0.05) is 11.4 Å². The Morgan fingerprint density at radius 1 is 0.885 bits per heavy atom. The number of halogens is 3. The van der Waals surface area contributed by atoms with Crippen LogP contribution in [0.3, 0.4) is 0 Å². The van der Waals surface area contributed by atoms with Gasteiger partial charge in [-0.15, -0.1) is 0 Å². The van der Waals surface area contributed by atoms with Crippen molar-refractivity contribution in [3.8, 4) is 0 Å². The van der Waals surface area contributed by atoms with E-state index in [2.05, 4.69) is 20.6 Å². The minimum absolute atomic E-state index is 0.258. The highest BCUT2D eigenvalue weighted by Gasteiger charge is 2.29. The first-order valence-corrected chi connectivity index (χ1v) is 7.71. The Labute approximate surface area is 148 Å². The van der Waals surface area contributed by atoms with Crippen molar-refractivity contribution in [1.29, 1.82) is 0 Å². The van der Waals surface area contributed by atoms with E-state index >= 15 is 0 Å². The minimum Gasteiger partial charge on any atom is -0.393 e. The molecule has 8 heteroatoms. The van der Waals surface area contributed by atoms with Gasteiger partial charge in [-0.2, -0.15) is 13.2 Å². The molecule has 0 spiro atoms. The summed E-state index contributed by atoms with van der Waals surface area (Å²) in [6.07, 6.45) is -3.06. The standard InChI is InChI=1S/C18H16F3N5/c1-11-3-2-4-14(9-11)26-17-15(22)16(23-10-24-17)25-13-7-5-12(6-8-13)18(19,20)21/h2-10H,22H2,1H3,(H2,23,24,25,26). The zero-order valence-corrected chi connectivity index (χ0v) is 13.8. The quantitative estimate of drug-likeness (QED) is 0.619. The van der Waals surface area contributed by atoms with E-state index in [1.54, 1.807) is 0 Å². The van der Waals surface area contributed by atoms with E-state index in [9.17, 15) is 13.2 Å². The van der Waals surface area contributed by atoms with Gasteiger partial charge in [-0.3, -0.25) is 0 Å². The number of nitrogens with two attached hydrogens (primary N) is 1. The summed E-state index contributed by atoms with van der Waals surface area (Å²) < 4.78 is 37.9. The summed E-state index contributed by atoms with van der Waals surface area (Å²) in [4.78, 5) is 8.17. The lowest BCUT2D eigenvalue weighted by atomic mass is 10.2. The number of rotatable bonds is 4. The maximum Gasteiger partial charge on any atom is 0.416 e. The predicted molar refractivity (Wildman–Crippen MR) is 95.6 cm³/mol. The molecule has 2 aromatic carbocycles. The molecule has 0 unspecified atom stereocenters. The van der Waals surface area contributed by atoms with Crippen LogP contribution in [-0.4, -0.2) is 9.97 Å². The van der Waals surface area contributed by atoms with Gasteiger partial charge in [-0.05, 0) is 48.9 Å². The van der Waals surface area contributed by atoms with Gasteiger partial charge in [-0.1, -0.05) is 12.1 Å². The Hall–Kier alpha value is -3.29. The smallest absolute Gasteiger partial charge is 0.393 e. The average molecular weight is 359 g/mol. The maximum absolute atomic E-state index is 12.6. The van der Waals surface area contributed by atoms with Crippen LogP contribution in [0.4, 0.5) is 41.9 Å². The van der Waals surface area contributed by atoms with E-state index in [0.29, 0.717) is 17.3 Å². The summed E-state index contributed by atoms with van der Waals surface area (Å²) in [6.45, 7) is 1.96. The van der Waals surface area contributed by atoms with E-state index < -0.39 is 11.7 Å². The van der Waals surface area contributed by atoms with Crippen molar-refractivity contribution >= 4 is 28.7 Å². The second kappa shape index (κ2) is 6.91. The number of anilines is 5. The summed E-state index contributed by atoms with van der Waals surface area (Å²) in [6, 6.07) is 12.3. The Morgan fingerprint density at radius 2 is 1.50 bits per heavy atom. The topological polar surface area (TPSA) is 75.9 Å². The van der Waals surface area contributed by atoms with Gasteiger partial charge in [0.2, 0.25) is 0 Å². The first-order valence-electron chi connectivity index (χ1n) is 7.71. The number of aromatic nitrogens is 2. The molecule has 0 aliphatic heterocycles. The van der Waals surface area contributed by atoms with E-state index in [4.69, 9.17) is 5.73 Å². The van der Waals surface area contributed by atoms with Crippen LogP contribution < -0.4 is 16.4 Å². The molecule has 4 N–H and O–H groups in total. The third-order valence-corrected chi connectivity index (χ3v) is 3.64. The molecule has 3 aromatic rings. The zero-order chi connectivity index (χ0) is 18.7. The van der Waals surface area contributed by atoms with E-state index in [0.717, 1.165) is 23.4 Å². The molecular formula is C18H16F3N5. The Balaban J connectivity index is 1.81. The lowest BCUT2D eigenvalue weighted by Crippen LogP contribution is -2.06. The lowest BCUT2D eigenvalue weighted by molar-refractivity contribution is -0.137. The molecule has 3 rings (SSSR count). The van der Waals surface area contributed by atoms with Gasteiger partial charge >= 0.3 is 6.18 Å². The molecule has 0 amide bonds. The molecule has 0 aliphatic rings. The molecule has 0 aliphatic carbocycles. The van der Waals surface area contributed by atoms with Crippen LogP contribution in [0.5, 0.6) is 0 Å². The first kappa shape index (κ1) is 17.5. The van der Waals surface area contributed by atoms with Crippen molar-refractivity contribution in [3.05, 3.63) is 66.0 Å². The Kier molecular flexibility index (Phi) is 4.66. The van der Waals surface area contributed by atoms with Gasteiger partial charge in [0.1, 0.15) is 12.0 Å². The third kappa shape index (κ3) is 4.02. The molecule has 26 heavy (non-hydrogen) atoms. The van der Waals surface area contributed by atoms with Crippen molar-refractivity contribution in [2.75, 3.05) is 16.4 Å². The van der Waals surface area contributed by atoms with Crippen LogP contribution in [0.15, 0.2) is 54.9 Å². The molecular weight excluding hydrogens is 343 g/mol. The van der Waals surface area contributed by atoms with Gasteiger partial charge in [0.25, 0.3) is 0 Å².